The quantitative estimate of drug-likeness (QED) is 0.561. The molecule has 31 heavy (non-hydrogen) atoms. The molecule has 0 aliphatic carbocycles. The number of carbonyl (C=O) groups excluding carboxylic acids is 1. The summed E-state index contributed by atoms with van der Waals surface area (Å²) in [7, 11) is 0. The Kier molecular flexibility index (Phi) is 6.16. The highest BCUT2D eigenvalue weighted by atomic mass is 32.2. The molecule has 0 saturated carbocycles. The minimum Gasteiger partial charge on any atom is -0.612 e. The number of carbonyl (C=O) groups is 1. The van der Waals surface area contributed by atoms with Gasteiger partial charge >= 0.3 is 0 Å². The summed E-state index contributed by atoms with van der Waals surface area (Å²) in [5.41, 5.74) is 10.0. The predicted octanol–water partition coefficient (Wildman–Crippen LogP) is 4.97. The zero-order valence-corrected chi connectivity index (χ0v) is 18.5. The molecule has 5 heteroatoms. The first-order valence-corrected chi connectivity index (χ1v) is 12.0. The molecule has 0 saturated heterocycles. The topological polar surface area (TPSA) is 69.4 Å². The highest BCUT2D eigenvalue weighted by Gasteiger charge is 2.43. The third-order valence-corrected chi connectivity index (χ3v) is 6.85. The van der Waals surface area contributed by atoms with E-state index in [1.54, 1.807) is 6.26 Å². The zero-order valence-electron chi connectivity index (χ0n) is 17.7. The fraction of sp³-hybridized carbons (Fsp3) is 0.192. The Morgan fingerprint density at radius 3 is 2.16 bits per heavy atom. The molecule has 0 fully saturated rings. The van der Waals surface area contributed by atoms with Gasteiger partial charge in [-0.25, -0.2) is 0 Å². The van der Waals surface area contributed by atoms with Crippen LogP contribution >= 0.6 is 0 Å². The van der Waals surface area contributed by atoms with Gasteiger partial charge in [0.1, 0.15) is 17.9 Å². The lowest BCUT2D eigenvalue weighted by atomic mass is 9.87. The van der Waals surface area contributed by atoms with Gasteiger partial charge < -0.3 is 15.2 Å². The summed E-state index contributed by atoms with van der Waals surface area (Å²) in [6.07, 6.45) is 2.47. The van der Waals surface area contributed by atoms with Crippen molar-refractivity contribution in [3.8, 4) is 0 Å². The number of rotatable bonds is 6. The van der Waals surface area contributed by atoms with Gasteiger partial charge in [0.15, 0.2) is 4.91 Å². The van der Waals surface area contributed by atoms with Gasteiger partial charge in [-0.05, 0) is 34.8 Å². The van der Waals surface area contributed by atoms with Crippen LogP contribution < -0.4 is 10.6 Å². The molecule has 0 aromatic heterocycles. The largest absolute Gasteiger partial charge is 0.612 e. The Morgan fingerprint density at radius 2 is 1.58 bits per heavy atom. The van der Waals surface area contributed by atoms with E-state index in [4.69, 9.17) is 5.73 Å². The monoisotopic (exact) mass is 430 g/mol. The molecule has 3 aromatic rings. The van der Waals surface area contributed by atoms with Gasteiger partial charge in [0, 0.05) is 11.3 Å². The van der Waals surface area contributed by atoms with Crippen LogP contribution in [0.15, 0.2) is 89.8 Å². The standard InChI is InChI=1S/C26H26N2O2S/c1-3-21(18-12-6-4-7-13-18)28-22-17-11-10-16-20(22)23(26(27)29)25(31(2)30)24(28)19-14-8-5-9-15-19/h4-17,21,24H,3H2,1-2H3,(H2,27,29)/t21-,24?,31?/m0/s1. The normalized spacial score (nSPS) is 17.8. The maximum Gasteiger partial charge on any atom is 0.254 e. The number of hydrogen-bond acceptors (Lipinski definition) is 3. The van der Waals surface area contributed by atoms with Crippen molar-refractivity contribution in [3.63, 3.8) is 0 Å². The first kappa shape index (κ1) is 21.2. The lowest BCUT2D eigenvalue weighted by Crippen LogP contribution is -2.40. The van der Waals surface area contributed by atoms with E-state index in [0.29, 0.717) is 10.5 Å². The predicted molar refractivity (Wildman–Crippen MR) is 128 cm³/mol. The number of hydrogen-bond donors (Lipinski definition) is 1. The van der Waals surface area contributed by atoms with E-state index in [0.717, 1.165) is 23.2 Å². The number of nitrogens with zero attached hydrogens (tertiary/aromatic N) is 1. The fourth-order valence-electron chi connectivity index (χ4n) is 4.56. The minimum absolute atomic E-state index is 0.0283. The fourth-order valence-corrected chi connectivity index (χ4v) is 5.63. The van der Waals surface area contributed by atoms with Gasteiger partial charge in [-0.3, -0.25) is 4.79 Å². The lowest BCUT2D eigenvalue weighted by Gasteiger charge is -2.44. The van der Waals surface area contributed by atoms with Gasteiger partial charge in [0.25, 0.3) is 5.91 Å². The van der Waals surface area contributed by atoms with E-state index >= 15 is 0 Å². The van der Waals surface area contributed by atoms with Crippen molar-refractivity contribution in [3.05, 3.63) is 107 Å². The Labute approximate surface area is 186 Å². The summed E-state index contributed by atoms with van der Waals surface area (Å²) in [5.74, 6) is -0.550. The number of amides is 1. The van der Waals surface area contributed by atoms with Gasteiger partial charge in [0.05, 0.1) is 6.04 Å². The second-order valence-corrected chi connectivity index (χ2v) is 8.98. The van der Waals surface area contributed by atoms with Gasteiger partial charge in [0.2, 0.25) is 0 Å². The van der Waals surface area contributed by atoms with Crippen molar-refractivity contribution in [2.75, 3.05) is 11.2 Å². The molecule has 2 unspecified atom stereocenters. The van der Waals surface area contributed by atoms with Gasteiger partial charge in [-0.15, -0.1) is 0 Å². The Morgan fingerprint density at radius 1 is 1.00 bits per heavy atom. The molecular weight excluding hydrogens is 404 g/mol. The van der Waals surface area contributed by atoms with E-state index < -0.39 is 17.1 Å². The van der Waals surface area contributed by atoms with Crippen LogP contribution in [0.3, 0.4) is 0 Å². The van der Waals surface area contributed by atoms with Crippen LogP contribution in [-0.2, 0) is 16.0 Å². The lowest BCUT2D eigenvalue weighted by molar-refractivity contribution is -0.112. The average molecular weight is 431 g/mol. The summed E-state index contributed by atoms with van der Waals surface area (Å²) in [5, 5.41) is 0. The van der Waals surface area contributed by atoms with E-state index in [1.807, 2.05) is 72.8 Å². The molecule has 1 heterocycles. The Bertz CT molecular complexity index is 1100. The van der Waals surface area contributed by atoms with Crippen LogP contribution in [0.2, 0.25) is 0 Å². The smallest absolute Gasteiger partial charge is 0.254 e. The maximum absolute atomic E-state index is 13.1. The molecule has 2 N–H and O–H groups in total. The first-order chi connectivity index (χ1) is 15.0. The third kappa shape index (κ3) is 3.87. The highest BCUT2D eigenvalue weighted by molar-refractivity contribution is 7.94. The molecular formula is C26H26N2O2S. The van der Waals surface area contributed by atoms with Gasteiger partial charge in [-0.2, -0.15) is 0 Å². The van der Waals surface area contributed by atoms with Gasteiger partial charge in [-0.1, -0.05) is 85.8 Å². The molecule has 3 atom stereocenters. The van der Waals surface area contributed by atoms with Crippen LogP contribution in [0, 0.1) is 0 Å². The summed E-state index contributed by atoms with van der Waals surface area (Å²) >= 11 is -1.40. The summed E-state index contributed by atoms with van der Waals surface area (Å²) in [6.45, 7) is 2.15. The maximum atomic E-state index is 13.1. The van der Waals surface area contributed by atoms with Crippen LogP contribution in [-0.4, -0.2) is 16.7 Å². The van der Waals surface area contributed by atoms with E-state index in [2.05, 4.69) is 24.0 Å². The van der Waals surface area contributed by atoms with E-state index in [9.17, 15) is 9.35 Å². The van der Waals surface area contributed by atoms with Crippen molar-refractivity contribution in [2.45, 2.75) is 25.4 Å². The van der Waals surface area contributed by atoms with Crippen LogP contribution in [0.25, 0.3) is 5.57 Å². The van der Waals surface area contributed by atoms with Crippen molar-refractivity contribution >= 4 is 28.3 Å². The minimum atomic E-state index is -1.40. The molecule has 4 nitrogen and oxygen atoms in total. The van der Waals surface area contributed by atoms with Crippen LogP contribution in [0.1, 0.15) is 42.1 Å². The zero-order chi connectivity index (χ0) is 22.0. The summed E-state index contributed by atoms with van der Waals surface area (Å²) in [4.78, 5) is 15.5. The van der Waals surface area contributed by atoms with Crippen molar-refractivity contribution in [1.82, 2.24) is 0 Å². The first-order valence-electron chi connectivity index (χ1n) is 10.4. The van der Waals surface area contributed by atoms with Crippen molar-refractivity contribution < 1.29 is 9.35 Å². The molecule has 0 radical (unpaired) electrons. The molecule has 1 aliphatic rings. The number of anilines is 1. The van der Waals surface area contributed by atoms with E-state index in [-0.39, 0.29) is 12.1 Å². The van der Waals surface area contributed by atoms with Crippen LogP contribution in [0.4, 0.5) is 5.69 Å². The van der Waals surface area contributed by atoms with E-state index in [1.165, 1.54) is 5.56 Å². The van der Waals surface area contributed by atoms with Crippen molar-refractivity contribution in [2.24, 2.45) is 5.73 Å². The second-order valence-electron chi connectivity index (χ2n) is 7.63. The second kappa shape index (κ2) is 9.00. The number of para-hydroxylation sites is 1. The number of primary amides is 1. The Hall–Kier alpha value is -3.02. The summed E-state index contributed by atoms with van der Waals surface area (Å²) in [6, 6.07) is 27.7. The molecule has 1 aliphatic heterocycles. The SMILES string of the molecule is CC[C@@H](c1ccccc1)N1c2ccccc2C(C(N)=O)=C([S+](C)[O-])C1c1ccccc1. The molecule has 158 valence electrons. The molecule has 0 bridgehead atoms. The molecule has 1 amide bonds. The molecule has 4 rings (SSSR count). The van der Waals surface area contributed by atoms with Crippen LogP contribution in [0.5, 0.6) is 0 Å². The number of benzene rings is 3. The van der Waals surface area contributed by atoms with Crippen molar-refractivity contribution in [1.29, 1.82) is 0 Å². The Balaban J connectivity index is 2.05. The summed E-state index contributed by atoms with van der Waals surface area (Å²) < 4.78 is 13.1. The molecule has 0 spiro atoms. The number of nitrogens with two attached hydrogens (primary N) is 1. The highest BCUT2D eigenvalue weighted by Crippen LogP contribution is 2.50. The average Bonchev–Trinajstić information content (AvgIpc) is 2.80. The third-order valence-electron chi connectivity index (χ3n) is 5.80. The number of fused-ring (bicyclic) bond motifs is 1. The molecule has 3 aromatic carbocycles.